The summed E-state index contributed by atoms with van der Waals surface area (Å²) in [6, 6.07) is 13.5. The van der Waals surface area contributed by atoms with Gasteiger partial charge in [0.25, 0.3) is 15.7 Å². The highest BCUT2D eigenvalue weighted by Crippen LogP contribution is 2.30. The van der Waals surface area contributed by atoms with Crippen molar-refractivity contribution in [2.24, 2.45) is 5.10 Å². The Balaban J connectivity index is 1.96. The maximum atomic E-state index is 12.9. The van der Waals surface area contributed by atoms with Crippen LogP contribution in [0.25, 0.3) is 0 Å². The first-order valence-corrected chi connectivity index (χ1v) is 10.9. The molecule has 8 nitrogen and oxygen atoms in total. The van der Waals surface area contributed by atoms with Crippen molar-refractivity contribution in [2.75, 3.05) is 10.1 Å². The average Bonchev–Trinajstić information content (AvgIpc) is 3.08. The molecule has 0 atom stereocenters. The fourth-order valence-corrected chi connectivity index (χ4v) is 4.62. The Kier molecular flexibility index (Phi) is 6.16. The number of nitro groups is 1. The lowest BCUT2D eigenvalue weighted by atomic mass is 10.3. The number of hydrogen-bond acceptors (Lipinski definition) is 7. The number of thiophene rings is 1. The van der Waals surface area contributed by atoms with Crippen LogP contribution in [0.3, 0.4) is 0 Å². The van der Waals surface area contributed by atoms with E-state index < -0.39 is 14.9 Å². The van der Waals surface area contributed by atoms with Crippen molar-refractivity contribution in [2.45, 2.75) is 11.8 Å². The van der Waals surface area contributed by atoms with Gasteiger partial charge < -0.3 is 0 Å². The summed E-state index contributed by atoms with van der Waals surface area (Å²) >= 11 is 7.54. The third kappa shape index (κ3) is 5.11. The first-order chi connectivity index (χ1) is 13.8. The first kappa shape index (κ1) is 20.8. The lowest BCUT2D eigenvalue weighted by molar-refractivity contribution is -0.385. The van der Waals surface area contributed by atoms with E-state index in [1.165, 1.54) is 41.8 Å². The smallest absolute Gasteiger partial charge is 0.270 e. The van der Waals surface area contributed by atoms with Gasteiger partial charge in [-0.3, -0.25) is 20.3 Å². The summed E-state index contributed by atoms with van der Waals surface area (Å²) < 4.78 is 28.2. The third-order valence-electron chi connectivity index (χ3n) is 3.72. The van der Waals surface area contributed by atoms with E-state index in [9.17, 15) is 18.5 Å². The van der Waals surface area contributed by atoms with E-state index in [0.29, 0.717) is 0 Å². The predicted molar refractivity (Wildman–Crippen MR) is 116 cm³/mol. The van der Waals surface area contributed by atoms with Crippen molar-refractivity contribution >= 4 is 56.2 Å². The second kappa shape index (κ2) is 8.60. The second-order valence-electron chi connectivity index (χ2n) is 5.84. The number of hydrogen-bond donors (Lipinski definition) is 2. The van der Waals surface area contributed by atoms with Crippen molar-refractivity contribution in [3.8, 4) is 0 Å². The second-order valence-corrected chi connectivity index (χ2v) is 9.22. The molecule has 11 heteroatoms. The number of anilines is 2. The van der Waals surface area contributed by atoms with Crippen LogP contribution in [-0.2, 0) is 10.0 Å². The van der Waals surface area contributed by atoms with Gasteiger partial charge in [0.05, 0.1) is 27.5 Å². The monoisotopic (exact) mass is 450 g/mol. The van der Waals surface area contributed by atoms with Crippen LogP contribution in [0.4, 0.5) is 17.1 Å². The van der Waals surface area contributed by atoms with E-state index in [1.54, 1.807) is 12.1 Å². The van der Waals surface area contributed by atoms with Gasteiger partial charge in [0.15, 0.2) is 0 Å². The van der Waals surface area contributed by atoms with Gasteiger partial charge in [-0.2, -0.15) is 5.10 Å². The molecule has 3 aromatic rings. The van der Waals surface area contributed by atoms with Crippen molar-refractivity contribution in [3.63, 3.8) is 0 Å². The summed E-state index contributed by atoms with van der Waals surface area (Å²) in [5.41, 5.74) is 2.52. The van der Waals surface area contributed by atoms with Gasteiger partial charge >= 0.3 is 0 Å². The minimum absolute atomic E-state index is 0.0830. The van der Waals surface area contributed by atoms with Gasteiger partial charge in [-0.25, -0.2) is 8.42 Å². The molecular formula is C18H15ClN4O4S2. The van der Waals surface area contributed by atoms with Crippen LogP contribution in [0.5, 0.6) is 0 Å². The number of non-ortho nitro benzene ring substituents is 1. The molecule has 0 aliphatic heterocycles. The largest absolute Gasteiger partial charge is 0.278 e. The van der Waals surface area contributed by atoms with Gasteiger partial charge in [0, 0.05) is 21.9 Å². The maximum absolute atomic E-state index is 12.9. The number of hydrazone groups is 1. The van der Waals surface area contributed by atoms with Crippen molar-refractivity contribution in [3.05, 3.63) is 79.5 Å². The Labute approximate surface area is 176 Å². The average molecular weight is 451 g/mol. The Hall–Kier alpha value is -2.95. The van der Waals surface area contributed by atoms with Crippen LogP contribution in [0.1, 0.15) is 9.75 Å². The molecule has 150 valence electrons. The number of nitrogens with one attached hydrogen (secondary N) is 2. The molecule has 0 saturated heterocycles. The zero-order chi connectivity index (χ0) is 21.0. The molecule has 29 heavy (non-hydrogen) atoms. The van der Waals surface area contributed by atoms with Gasteiger partial charge in [-0.15, -0.1) is 11.3 Å². The number of nitro benzene ring substituents is 1. The van der Waals surface area contributed by atoms with Crippen LogP contribution >= 0.6 is 22.9 Å². The summed E-state index contributed by atoms with van der Waals surface area (Å²) in [4.78, 5) is 12.1. The maximum Gasteiger partial charge on any atom is 0.270 e. The number of para-hydroxylation sites is 1. The van der Waals surface area contributed by atoms with Gasteiger partial charge in [0.1, 0.15) is 4.90 Å². The minimum Gasteiger partial charge on any atom is -0.278 e. The standard InChI is InChI=1S/C18H15ClN4O4S2/c1-12-6-8-14(28-12)11-20-21-17-9-7-13(23(24)25)10-18(17)29(26,27)22-16-5-3-2-4-15(16)19/h2-11,21-22H,1H3/b20-11+. The Morgan fingerprint density at radius 1 is 1.14 bits per heavy atom. The molecule has 0 aliphatic carbocycles. The molecule has 3 rings (SSSR count). The van der Waals surface area contributed by atoms with Crippen molar-refractivity contribution in [1.29, 1.82) is 0 Å². The summed E-state index contributed by atoms with van der Waals surface area (Å²) in [6.45, 7) is 1.96. The number of benzene rings is 2. The minimum atomic E-state index is -4.19. The van der Waals surface area contributed by atoms with Crippen LogP contribution in [0.2, 0.25) is 5.02 Å². The summed E-state index contributed by atoms with van der Waals surface area (Å²) in [6.07, 6.45) is 1.54. The Bertz CT molecular complexity index is 1190. The molecule has 0 spiro atoms. The molecular weight excluding hydrogens is 436 g/mol. The Morgan fingerprint density at radius 2 is 1.90 bits per heavy atom. The van der Waals surface area contributed by atoms with E-state index in [4.69, 9.17) is 11.6 Å². The highest BCUT2D eigenvalue weighted by molar-refractivity contribution is 7.93. The van der Waals surface area contributed by atoms with E-state index in [2.05, 4.69) is 15.2 Å². The molecule has 0 bridgehead atoms. The molecule has 1 aromatic heterocycles. The molecule has 0 radical (unpaired) electrons. The highest BCUT2D eigenvalue weighted by Gasteiger charge is 2.23. The SMILES string of the molecule is Cc1ccc(/C=N/Nc2ccc([N+](=O)[O-])cc2S(=O)(=O)Nc2ccccc2Cl)s1. The quantitative estimate of drug-likeness (QED) is 0.303. The zero-order valence-electron chi connectivity index (χ0n) is 15.0. The van der Waals surface area contributed by atoms with E-state index >= 15 is 0 Å². The molecule has 2 N–H and O–H groups in total. The van der Waals surface area contributed by atoms with Crippen LogP contribution < -0.4 is 10.1 Å². The summed E-state index contributed by atoms with van der Waals surface area (Å²) in [5, 5.41) is 15.4. The van der Waals surface area contributed by atoms with Gasteiger partial charge in [-0.1, -0.05) is 23.7 Å². The van der Waals surface area contributed by atoms with Gasteiger partial charge in [-0.05, 0) is 37.3 Å². The molecule has 0 fully saturated rings. The topological polar surface area (TPSA) is 114 Å². The van der Waals surface area contributed by atoms with Crippen molar-refractivity contribution < 1.29 is 13.3 Å². The predicted octanol–water partition coefficient (Wildman–Crippen LogP) is 4.86. The number of rotatable bonds is 7. The van der Waals surface area contributed by atoms with E-state index in [1.807, 2.05) is 19.1 Å². The number of halogens is 1. The normalized spacial score (nSPS) is 11.5. The lowest BCUT2D eigenvalue weighted by Gasteiger charge is -2.12. The first-order valence-electron chi connectivity index (χ1n) is 8.17. The Morgan fingerprint density at radius 3 is 2.55 bits per heavy atom. The molecule has 2 aromatic carbocycles. The van der Waals surface area contributed by atoms with E-state index in [0.717, 1.165) is 15.8 Å². The van der Waals surface area contributed by atoms with Crippen molar-refractivity contribution in [1.82, 2.24) is 0 Å². The number of sulfonamides is 1. The van der Waals surface area contributed by atoms with Crippen LogP contribution in [0.15, 0.2) is 64.6 Å². The number of nitrogens with zero attached hydrogens (tertiary/aromatic N) is 2. The molecule has 0 aliphatic rings. The van der Waals surface area contributed by atoms with Crippen LogP contribution in [0, 0.1) is 17.0 Å². The molecule has 0 amide bonds. The molecule has 1 heterocycles. The third-order valence-corrected chi connectivity index (χ3v) is 6.39. The summed E-state index contributed by atoms with van der Waals surface area (Å²) in [7, 11) is -4.19. The zero-order valence-corrected chi connectivity index (χ0v) is 17.4. The molecule has 0 unspecified atom stereocenters. The number of aryl methyl sites for hydroxylation is 1. The molecule has 0 saturated carbocycles. The fourth-order valence-electron chi connectivity index (χ4n) is 2.37. The lowest BCUT2D eigenvalue weighted by Crippen LogP contribution is -2.15. The van der Waals surface area contributed by atoms with Gasteiger partial charge in [0.2, 0.25) is 0 Å². The highest BCUT2D eigenvalue weighted by atomic mass is 35.5. The fraction of sp³-hybridized carbons (Fsp3) is 0.0556. The van der Waals surface area contributed by atoms with Crippen LogP contribution in [-0.4, -0.2) is 19.6 Å². The summed E-state index contributed by atoms with van der Waals surface area (Å²) in [5.74, 6) is 0. The van der Waals surface area contributed by atoms with E-state index in [-0.39, 0.29) is 27.0 Å².